The van der Waals surface area contributed by atoms with Crippen LogP contribution in [0.5, 0.6) is 46.5 Å². The molecule has 3 aromatic carbocycles. The van der Waals surface area contributed by atoms with Crippen LogP contribution in [0.25, 0.3) is 22.5 Å². The number of pyridine rings is 4. The molecule has 0 saturated heterocycles. The van der Waals surface area contributed by atoms with Gasteiger partial charge in [0.15, 0.2) is 11.5 Å². The number of hydrogen-bond donors (Lipinski definition) is 3. The molecular weight excluding hydrogens is 894 g/mol. The highest BCUT2D eigenvalue weighted by Gasteiger charge is 2.22. The average Bonchev–Trinajstić information content (AvgIpc) is 3.86. The minimum atomic E-state index is -0.307. The average molecular weight is 942 g/mol. The number of carbonyl (C=O) groups is 2. The van der Waals surface area contributed by atoms with Crippen LogP contribution in [0.3, 0.4) is 0 Å². The standard InChI is InChI=1S/C29H28N4O6.C21H20ClN3O4/c1-35-26-13-10-22(29(33-26)36-2)27-21(28(34)30-14-15-37-20-6-4-3-5-7-20)9-12-25(32-27)31-17-19-8-11-23-24(16-19)39-18-38-23;1-27-18-11-9-16(21(25-18)28-2)19-15(8-10-17(22)24-19)20(26)23-12-13-29-14-6-4-3-5-7-14/h3-13,16H,14-15,17-18H2,1-2H3,(H,30,34)(H,31,32);3-11H,12-13H2,1-2H3,(H,23,26). The van der Waals surface area contributed by atoms with E-state index in [2.05, 4.69) is 30.9 Å². The Balaban J connectivity index is 0.000000211. The lowest BCUT2D eigenvalue weighted by atomic mass is 10.1. The van der Waals surface area contributed by atoms with Crippen molar-refractivity contribution in [2.24, 2.45) is 0 Å². The normalized spacial score (nSPS) is 11.0. The second kappa shape index (κ2) is 23.7. The van der Waals surface area contributed by atoms with E-state index in [9.17, 15) is 9.59 Å². The molecule has 18 heteroatoms. The smallest absolute Gasteiger partial charge is 0.253 e. The minimum absolute atomic E-state index is 0.219. The van der Waals surface area contributed by atoms with Crippen LogP contribution in [0, 0.1) is 0 Å². The number of fused-ring (bicyclic) bond motifs is 1. The molecule has 0 radical (unpaired) electrons. The van der Waals surface area contributed by atoms with Crippen LogP contribution in [0.1, 0.15) is 26.3 Å². The van der Waals surface area contributed by atoms with Crippen molar-refractivity contribution in [1.82, 2.24) is 30.6 Å². The molecule has 0 bridgehead atoms. The first-order valence-corrected chi connectivity index (χ1v) is 21.6. The molecule has 4 aromatic heterocycles. The Labute approximate surface area is 397 Å². The van der Waals surface area contributed by atoms with Crippen molar-refractivity contribution in [2.75, 3.05) is 66.9 Å². The Morgan fingerprint density at radius 2 is 1.10 bits per heavy atom. The van der Waals surface area contributed by atoms with E-state index in [0.29, 0.717) is 89.8 Å². The van der Waals surface area contributed by atoms with E-state index < -0.39 is 0 Å². The molecular formula is C50H48ClN7O10. The van der Waals surface area contributed by atoms with Gasteiger partial charge < -0.3 is 53.8 Å². The van der Waals surface area contributed by atoms with Crippen LogP contribution in [0.15, 0.2) is 127 Å². The summed E-state index contributed by atoms with van der Waals surface area (Å²) in [5.74, 6) is 4.22. The van der Waals surface area contributed by atoms with Crippen LogP contribution in [-0.4, -0.2) is 93.3 Å². The molecule has 2 amide bonds. The van der Waals surface area contributed by atoms with Crippen LogP contribution in [0.2, 0.25) is 5.15 Å². The quantitative estimate of drug-likeness (QED) is 0.0522. The van der Waals surface area contributed by atoms with Crippen LogP contribution >= 0.6 is 11.6 Å². The first-order chi connectivity index (χ1) is 33.3. The van der Waals surface area contributed by atoms with Gasteiger partial charge in [-0.25, -0.2) is 9.97 Å². The SMILES string of the molecule is COc1ccc(-c2nc(Cl)ccc2C(=O)NCCOc2ccccc2)c(OC)n1.COc1ccc(-c2nc(NCc3ccc4c(c3)OCO4)ccc2C(=O)NCCOc2ccccc2)c(OC)n1. The molecule has 5 heterocycles. The Hall–Kier alpha value is -8.31. The summed E-state index contributed by atoms with van der Waals surface area (Å²) in [6.07, 6.45) is 0. The van der Waals surface area contributed by atoms with Gasteiger partial charge in [-0.15, -0.1) is 0 Å². The lowest BCUT2D eigenvalue weighted by Gasteiger charge is -2.15. The predicted molar refractivity (Wildman–Crippen MR) is 255 cm³/mol. The van der Waals surface area contributed by atoms with Gasteiger partial charge in [0.05, 0.1) is 75.2 Å². The van der Waals surface area contributed by atoms with Gasteiger partial charge in [0.1, 0.15) is 35.7 Å². The van der Waals surface area contributed by atoms with Gasteiger partial charge in [0.2, 0.25) is 30.3 Å². The Morgan fingerprint density at radius 3 is 1.65 bits per heavy atom. The zero-order chi connectivity index (χ0) is 47.7. The van der Waals surface area contributed by atoms with E-state index in [0.717, 1.165) is 22.8 Å². The minimum Gasteiger partial charge on any atom is -0.492 e. The topological polar surface area (TPSA) is 196 Å². The molecule has 0 fully saturated rings. The van der Waals surface area contributed by atoms with Crippen LogP contribution in [0.4, 0.5) is 5.82 Å². The molecule has 350 valence electrons. The summed E-state index contributed by atoms with van der Waals surface area (Å²) in [6, 6.07) is 38.1. The third kappa shape index (κ3) is 12.5. The molecule has 8 rings (SSSR count). The van der Waals surface area contributed by atoms with Gasteiger partial charge in [-0.2, -0.15) is 9.97 Å². The maximum atomic E-state index is 13.2. The summed E-state index contributed by atoms with van der Waals surface area (Å²) in [7, 11) is 6.02. The molecule has 17 nitrogen and oxygen atoms in total. The van der Waals surface area contributed by atoms with Crippen LogP contribution in [-0.2, 0) is 6.54 Å². The molecule has 7 aromatic rings. The fraction of sp³-hybridized carbons (Fsp3) is 0.200. The number of nitrogens with zero attached hydrogens (tertiary/aromatic N) is 4. The van der Waals surface area contributed by atoms with Crippen molar-refractivity contribution in [3.63, 3.8) is 0 Å². The van der Waals surface area contributed by atoms with E-state index >= 15 is 0 Å². The number of ether oxygens (including phenoxy) is 8. The fourth-order valence-electron chi connectivity index (χ4n) is 6.65. The number of benzene rings is 3. The van der Waals surface area contributed by atoms with Crippen molar-refractivity contribution in [1.29, 1.82) is 0 Å². The molecule has 1 aliphatic heterocycles. The van der Waals surface area contributed by atoms with Gasteiger partial charge >= 0.3 is 0 Å². The molecule has 0 saturated carbocycles. The highest BCUT2D eigenvalue weighted by molar-refractivity contribution is 6.29. The number of para-hydroxylation sites is 2. The van der Waals surface area contributed by atoms with Crippen LogP contribution < -0.4 is 53.8 Å². The number of methoxy groups -OCH3 is 4. The van der Waals surface area contributed by atoms with Crippen molar-refractivity contribution in [2.45, 2.75) is 6.54 Å². The molecule has 68 heavy (non-hydrogen) atoms. The number of halogens is 1. The third-order valence-electron chi connectivity index (χ3n) is 9.94. The molecule has 0 atom stereocenters. The number of nitrogens with one attached hydrogen (secondary N) is 3. The largest absolute Gasteiger partial charge is 0.492 e. The van der Waals surface area contributed by atoms with Crippen molar-refractivity contribution < 1.29 is 47.5 Å². The number of anilines is 1. The second-order valence-corrected chi connectivity index (χ2v) is 14.7. The molecule has 3 N–H and O–H groups in total. The summed E-state index contributed by atoms with van der Waals surface area (Å²) in [4.78, 5) is 43.7. The number of aromatic nitrogens is 4. The van der Waals surface area contributed by atoms with Crippen molar-refractivity contribution in [3.8, 4) is 69.0 Å². The van der Waals surface area contributed by atoms with Gasteiger partial charge in [-0.3, -0.25) is 9.59 Å². The lowest BCUT2D eigenvalue weighted by molar-refractivity contribution is 0.0939. The zero-order valence-electron chi connectivity index (χ0n) is 37.6. The maximum Gasteiger partial charge on any atom is 0.253 e. The molecule has 0 unspecified atom stereocenters. The first-order valence-electron chi connectivity index (χ1n) is 21.2. The van der Waals surface area contributed by atoms with Gasteiger partial charge in [-0.1, -0.05) is 54.1 Å². The zero-order valence-corrected chi connectivity index (χ0v) is 38.4. The summed E-state index contributed by atoms with van der Waals surface area (Å²) in [5, 5.41) is 9.30. The summed E-state index contributed by atoms with van der Waals surface area (Å²) >= 11 is 6.07. The van der Waals surface area contributed by atoms with E-state index in [1.165, 1.54) is 28.4 Å². The van der Waals surface area contributed by atoms with E-state index in [-0.39, 0.29) is 35.5 Å². The Bertz CT molecular complexity index is 2810. The number of carbonyl (C=O) groups excluding carboxylic acids is 2. The van der Waals surface area contributed by atoms with Crippen molar-refractivity contribution >= 4 is 29.2 Å². The van der Waals surface area contributed by atoms with E-state index in [1.807, 2.05) is 78.9 Å². The summed E-state index contributed by atoms with van der Waals surface area (Å²) < 4.78 is 43.3. The van der Waals surface area contributed by atoms with E-state index in [1.54, 1.807) is 48.5 Å². The Morgan fingerprint density at radius 1 is 0.574 bits per heavy atom. The predicted octanol–water partition coefficient (Wildman–Crippen LogP) is 7.93. The van der Waals surface area contributed by atoms with Gasteiger partial charge in [0.25, 0.3) is 11.8 Å². The van der Waals surface area contributed by atoms with Gasteiger partial charge in [0, 0.05) is 18.7 Å². The second-order valence-electron chi connectivity index (χ2n) is 14.3. The number of rotatable bonds is 19. The molecule has 0 spiro atoms. The highest BCUT2D eigenvalue weighted by Crippen LogP contribution is 2.35. The Kier molecular flexibility index (Phi) is 16.6. The number of hydrogen-bond acceptors (Lipinski definition) is 15. The molecule has 0 aliphatic carbocycles. The van der Waals surface area contributed by atoms with E-state index in [4.69, 9.17) is 54.5 Å². The third-order valence-corrected chi connectivity index (χ3v) is 10.2. The summed E-state index contributed by atoms with van der Waals surface area (Å²) in [5.41, 5.74) is 3.57. The monoisotopic (exact) mass is 941 g/mol. The maximum absolute atomic E-state index is 13.2. The van der Waals surface area contributed by atoms with Crippen molar-refractivity contribution in [3.05, 3.63) is 149 Å². The lowest BCUT2D eigenvalue weighted by Crippen LogP contribution is -2.28. The van der Waals surface area contributed by atoms with Gasteiger partial charge in [-0.05, 0) is 78.4 Å². The summed E-state index contributed by atoms with van der Waals surface area (Å²) in [6.45, 7) is 2.00. The first kappa shape index (κ1) is 47.6. The number of amides is 2. The molecule has 1 aliphatic rings. The fourth-order valence-corrected chi connectivity index (χ4v) is 6.80. The highest BCUT2D eigenvalue weighted by atomic mass is 35.5.